The number of hydrogen-bond acceptors (Lipinski definition) is 6. The third-order valence-corrected chi connectivity index (χ3v) is 4.64. The summed E-state index contributed by atoms with van der Waals surface area (Å²) in [6.45, 7) is 4.29. The maximum atomic E-state index is 12.1. The van der Waals surface area contributed by atoms with Crippen LogP contribution in [0.15, 0.2) is 18.2 Å². The Morgan fingerprint density at radius 1 is 1.43 bits per heavy atom. The van der Waals surface area contributed by atoms with E-state index < -0.39 is 33.7 Å². The molecule has 0 aromatic heterocycles. The van der Waals surface area contributed by atoms with Crippen molar-refractivity contribution < 1.29 is 27.9 Å². The molecule has 1 heterocycles. The summed E-state index contributed by atoms with van der Waals surface area (Å²) < 4.78 is 30.4. The second kappa shape index (κ2) is 5.94. The fourth-order valence-electron chi connectivity index (χ4n) is 2.42. The molecule has 0 spiro atoms. The van der Waals surface area contributed by atoms with E-state index in [2.05, 4.69) is 0 Å². The summed E-state index contributed by atoms with van der Waals surface area (Å²) in [5.74, 6) is -0.467. The van der Waals surface area contributed by atoms with Gasteiger partial charge in [-0.05, 0) is 36.5 Å². The average molecular weight is 364 g/mol. The highest BCUT2D eigenvalue weighted by molar-refractivity contribution is 7.88. The lowest BCUT2D eigenvalue weighted by molar-refractivity contribution is -0.191. The van der Waals surface area contributed by atoms with Gasteiger partial charge in [0.25, 0.3) is 0 Å². The molecule has 9 heteroatoms. The predicted molar refractivity (Wildman–Crippen MR) is 83.4 cm³/mol. The number of hydroxylamine groups is 1. The molecule has 2 rings (SSSR count). The Hall–Kier alpha value is -1.35. The molecule has 1 aliphatic heterocycles. The zero-order chi connectivity index (χ0) is 17.6. The summed E-state index contributed by atoms with van der Waals surface area (Å²) in [4.78, 5) is 16.2. The van der Waals surface area contributed by atoms with Crippen molar-refractivity contribution in [2.45, 2.75) is 38.5 Å². The summed E-state index contributed by atoms with van der Waals surface area (Å²) in [6.07, 6.45) is -0.405. The molecule has 0 amide bonds. The Morgan fingerprint density at radius 2 is 2.04 bits per heavy atom. The van der Waals surface area contributed by atoms with E-state index in [1.165, 1.54) is 6.07 Å². The molecule has 128 valence electrons. The first-order valence-corrected chi connectivity index (χ1v) is 9.00. The van der Waals surface area contributed by atoms with E-state index in [1.54, 1.807) is 26.0 Å². The summed E-state index contributed by atoms with van der Waals surface area (Å²) >= 11 is 5.97. The van der Waals surface area contributed by atoms with Gasteiger partial charge in [0, 0.05) is 17.5 Å². The maximum absolute atomic E-state index is 12.1. The van der Waals surface area contributed by atoms with Gasteiger partial charge >= 0.3 is 5.97 Å². The SMILES string of the molecule is CC(=O)ON(C1c2cc(Cl)ccc2OC(C)(C)C1O)S(C)(=O)=O. The van der Waals surface area contributed by atoms with Crippen LogP contribution in [0.5, 0.6) is 5.75 Å². The van der Waals surface area contributed by atoms with Crippen LogP contribution in [-0.2, 0) is 19.7 Å². The lowest BCUT2D eigenvalue weighted by Crippen LogP contribution is -2.54. The largest absolute Gasteiger partial charge is 0.485 e. The molecule has 0 saturated carbocycles. The minimum atomic E-state index is -3.97. The number of hydrogen-bond donors (Lipinski definition) is 1. The molecule has 1 aliphatic rings. The first-order chi connectivity index (χ1) is 10.4. The van der Waals surface area contributed by atoms with E-state index in [4.69, 9.17) is 21.2 Å². The number of halogens is 1. The van der Waals surface area contributed by atoms with Gasteiger partial charge in [-0.3, -0.25) is 4.79 Å². The number of carbonyl (C=O) groups excluding carboxylic acids is 1. The van der Waals surface area contributed by atoms with Crippen LogP contribution in [0.4, 0.5) is 0 Å². The zero-order valence-electron chi connectivity index (χ0n) is 13.1. The van der Waals surface area contributed by atoms with Crippen molar-refractivity contribution in [3.8, 4) is 5.75 Å². The van der Waals surface area contributed by atoms with Crippen molar-refractivity contribution in [3.05, 3.63) is 28.8 Å². The third kappa shape index (κ3) is 3.60. The number of rotatable bonds is 3. The molecule has 0 fully saturated rings. The highest BCUT2D eigenvalue weighted by Gasteiger charge is 2.49. The maximum Gasteiger partial charge on any atom is 0.323 e. The van der Waals surface area contributed by atoms with Crippen molar-refractivity contribution in [3.63, 3.8) is 0 Å². The van der Waals surface area contributed by atoms with Crippen molar-refractivity contribution in [1.82, 2.24) is 4.47 Å². The summed E-state index contributed by atoms with van der Waals surface area (Å²) in [5.41, 5.74) is -0.787. The van der Waals surface area contributed by atoms with Gasteiger partial charge in [-0.25, -0.2) is 8.42 Å². The van der Waals surface area contributed by atoms with Gasteiger partial charge in [-0.2, -0.15) is 0 Å². The molecule has 2 unspecified atom stereocenters. The first-order valence-electron chi connectivity index (χ1n) is 6.78. The average Bonchev–Trinajstić information content (AvgIpc) is 2.38. The van der Waals surface area contributed by atoms with Crippen LogP contribution in [0.1, 0.15) is 32.4 Å². The van der Waals surface area contributed by atoms with Crippen molar-refractivity contribution in [2.24, 2.45) is 0 Å². The van der Waals surface area contributed by atoms with Crippen molar-refractivity contribution >= 4 is 27.6 Å². The molecular weight excluding hydrogens is 346 g/mol. The molecule has 1 aromatic rings. The smallest absolute Gasteiger partial charge is 0.323 e. The minimum absolute atomic E-state index is 0.316. The van der Waals surface area contributed by atoms with Crippen LogP contribution in [0.3, 0.4) is 0 Å². The number of aliphatic hydroxyl groups is 1. The number of fused-ring (bicyclic) bond motifs is 1. The Balaban J connectivity index is 2.66. The summed E-state index contributed by atoms with van der Waals surface area (Å²) in [7, 11) is -3.97. The minimum Gasteiger partial charge on any atom is -0.485 e. The van der Waals surface area contributed by atoms with Crippen LogP contribution in [0, 0.1) is 0 Å². The number of ether oxygens (including phenoxy) is 1. The molecule has 7 nitrogen and oxygen atoms in total. The topological polar surface area (TPSA) is 93.1 Å². The molecule has 0 bridgehead atoms. The van der Waals surface area contributed by atoms with Gasteiger partial charge in [0.15, 0.2) is 0 Å². The van der Waals surface area contributed by atoms with E-state index in [1.807, 2.05) is 0 Å². The Bertz CT molecular complexity index is 733. The lowest BCUT2D eigenvalue weighted by Gasteiger charge is -2.44. The van der Waals surface area contributed by atoms with Gasteiger partial charge in [-0.1, -0.05) is 11.6 Å². The van der Waals surface area contributed by atoms with Gasteiger partial charge < -0.3 is 14.7 Å². The van der Waals surface area contributed by atoms with Gasteiger partial charge in [0.05, 0.1) is 6.26 Å². The fraction of sp³-hybridized carbons (Fsp3) is 0.500. The van der Waals surface area contributed by atoms with Gasteiger partial charge in [0.1, 0.15) is 23.5 Å². The standard InChI is InChI=1S/C14H18ClNO6S/c1-8(17)22-16(23(4,19)20)12-10-7-9(15)5-6-11(10)21-14(2,3)13(12)18/h5-7,12-13,18H,1-4H3. The molecule has 0 radical (unpaired) electrons. The van der Waals surface area contributed by atoms with E-state index in [-0.39, 0.29) is 0 Å². The number of benzene rings is 1. The number of nitrogens with zero attached hydrogens (tertiary/aromatic N) is 1. The number of carbonyl (C=O) groups is 1. The highest BCUT2D eigenvalue weighted by atomic mass is 35.5. The van der Waals surface area contributed by atoms with Crippen LogP contribution in [0.2, 0.25) is 5.02 Å². The molecule has 0 saturated heterocycles. The Labute approximate surface area is 139 Å². The van der Waals surface area contributed by atoms with E-state index >= 15 is 0 Å². The molecular formula is C14H18ClNO6S. The molecule has 2 atom stereocenters. The normalized spacial score (nSPS) is 23.1. The molecule has 0 aliphatic carbocycles. The summed E-state index contributed by atoms with van der Waals surface area (Å²) in [5, 5.41) is 10.9. The van der Waals surface area contributed by atoms with Crippen molar-refractivity contribution in [2.75, 3.05) is 6.26 Å². The lowest BCUT2D eigenvalue weighted by atomic mass is 9.87. The van der Waals surface area contributed by atoms with Crippen LogP contribution in [0.25, 0.3) is 0 Å². The molecule has 23 heavy (non-hydrogen) atoms. The Kier molecular flexibility index (Phi) is 4.64. The predicted octanol–water partition coefficient (Wildman–Crippen LogP) is 1.65. The van der Waals surface area contributed by atoms with Crippen LogP contribution in [-0.4, -0.2) is 41.9 Å². The second-order valence-electron chi connectivity index (χ2n) is 5.88. The van der Waals surface area contributed by atoms with E-state index in [9.17, 15) is 18.3 Å². The quantitative estimate of drug-likeness (QED) is 0.821. The van der Waals surface area contributed by atoms with E-state index in [0.717, 1.165) is 13.2 Å². The first kappa shape index (κ1) is 18.0. The second-order valence-corrected chi connectivity index (χ2v) is 8.14. The highest BCUT2D eigenvalue weighted by Crippen LogP contribution is 2.44. The molecule has 1 aromatic carbocycles. The molecule has 1 N–H and O–H groups in total. The van der Waals surface area contributed by atoms with Crippen LogP contribution >= 0.6 is 11.6 Å². The monoisotopic (exact) mass is 363 g/mol. The van der Waals surface area contributed by atoms with Crippen molar-refractivity contribution in [1.29, 1.82) is 0 Å². The number of sulfonamides is 1. The van der Waals surface area contributed by atoms with Gasteiger partial charge in [-0.15, -0.1) is 0 Å². The fourth-order valence-corrected chi connectivity index (χ4v) is 3.49. The number of aliphatic hydroxyl groups excluding tert-OH is 1. The Morgan fingerprint density at radius 3 is 2.57 bits per heavy atom. The van der Waals surface area contributed by atoms with Crippen LogP contribution < -0.4 is 4.74 Å². The van der Waals surface area contributed by atoms with E-state index in [0.29, 0.717) is 20.8 Å². The van der Waals surface area contributed by atoms with Gasteiger partial charge in [0.2, 0.25) is 10.0 Å². The third-order valence-electron chi connectivity index (χ3n) is 3.45. The zero-order valence-corrected chi connectivity index (χ0v) is 14.7. The summed E-state index contributed by atoms with van der Waals surface area (Å²) in [6, 6.07) is 3.46.